The Balaban J connectivity index is 2.24. The number of aromatic nitrogens is 2. The average molecular weight is 254 g/mol. The maximum absolute atomic E-state index is 11.8. The number of H-pyrrole nitrogens is 1. The highest BCUT2D eigenvalue weighted by Crippen LogP contribution is 2.31. The van der Waals surface area contributed by atoms with E-state index >= 15 is 0 Å². The predicted molar refractivity (Wildman–Crippen MR) is 65.5 cm³/mol. The van der Waals surface area contributed by atoms with Gasteiger partial charge in [0.2, 0.25) is 0 Å². The summed E-state index contributed by atoms with van der Waals surface area (Å²) >= 11 is 0. The van der Waals surface area contributed by atoms with Gasteiger partial charge in [-0.25, -0.2) is 4.79 Å². The Morgan fingerprint density at radius 2 is 2.28 bits per heavy atom. The molecule has 6 heteroatoms. The van der Waals surface area contributed by atoms with Crippen LogP contribution >= 0.6 is 0 Å². The minimum absolute atomic E-state index is 0.00130. The van der Waals surface area contributed by atoms with Gasteiger partial charge < -0.3 is 14.4 Å². The second-order valence-corrected chi connectivity index (χ2v) is 4.47. The summed E-state index contributed by atoms with van der Waals surface area (Å²) in [5.74, 6) is 0. The summed E-state index contributed by atoms with van der Waals surface area (Å²) in [7, 11) is 0. The van der Waals surface area contributed by atoms with Crippen LogP contribution in [0.25, 0.3) is 0 Å². The monoisotopic (exact) mass is 254 g/mol. The zero-order chi connectivity index (χ0) is 13.1. The van der Waals surface area contributed by atoms with Crippen LogP contribution in [0.2, 0.25) is 0 Å². The molecule has 2 rings (SSSR count). The van der Waals surface area contributed by atoms with Crippen LogP contribution < -0.4 is 11.2 Å². The van der Waals surface area contributed by atoms with Gasteiger partial charge in [-0.2, -0.15) is 0 Å². The first-order chi connectivity index (χ1) is 8.65. The molecular weight excluding hydrogens is 236 g/mol. The summed E-state index contributed by atoms with van der Waals surface area (Å²) in [6, 6.07) is 0. The number of ether oxygens (including phenoxy) is 1. The Morgan fingerprint density at radius 3 is 2.94 bits per heavy atom. The smallest absolute Gasteiger partial charge is 0.328 e. The van der Waals surface area contributed by atoms with E-state index in [4.69, 9.17) is 9.84 Å². The lowest BCUT2D eigenvalue weighted by Crippen LogP contribution is -2.32. The zero-order valence-electron chi connectivity index (χ0n) is 10.4. The number of aliphatic hydroxyl groups excluding tert-OH is 1. The molecule has 18 heavy (non-hydrogen) atoms. The minimum atomic E-state index is -0.392. The van der Waals surface area contributed by atoms with Gasteiger partial charge in [-0.1, -0.05) is 0 Å². The van der Waals surface area contributed by atoms with Gasteiger partial charge in [0, 0.05) is 19.3 Å². The maximum Gasteiger partial charge on any atom is 0.328 e. The number of aryl methyl sites for hydroxylation is 1. The fourth-order valence-electron chi connectivity index (χ4n) is 2.28. The van der Waals surface area contributed by atoms with E-state index in [0.29, 0.717) is 18.5 Å². The predicted octanol–water partition coefficient (Wildman–Crippen LogP) is 0.159. The molecule has 1 unspecified atom stereocenters. The van der Waals surface area contributed by atoms with Crippen LogP contribution in [0.4, 0.5) is 0 Å². The summed E-state index contributed by atoms with van der Waals surface area (Å²) in [6.07, 6.45) is 3.46. The van der Waals surface area contributed by atoms with E-state index in [1.807, 2.05) is 6.92 Å². The molecule has 2 atom stereocenters. The Morgan fingerprint density at radius 1 is 1.50 bits per heavy atom. The summed E-state index contributed by atoms with van der Waals surface area (Å²) in [5.41, 5.74) is -0.271. The molecule has 0 saturated carbocycles. The third kappa shape index (κ3) is 2.54. The molecule has 0 bridgehead atoms. The highest BCUT2D eigenvalue weighted by atomic mass is 16.5. The van der Waals surface area contributed by atoms with E-state index in [1.54, 1.807) is 6.20 Å². The number of aliphatic hydroxyl groups is 1. The molecule has 0 radical (unpaired) electrons. The quantitative estimate of drug-likeness (QED) is 0.801. The van der Waals surface area contributed by atoms with Crippen LogP contribution in [0.15, 0.2) is 15.8 Å². The van der Waals surface area contributed by atoms with Crippen molar-refractivity contribution in [3.05, 3.63) is 32.6 Å². The van der Waals surface area contributed by atoms with E-state index in [0.717, 1.165) is 12.8 Å². The topological polar surface area (TPSA) is 84.3 Å². The first kappa shape index (κ1) is 13.0. The van der Waals surface area contributed by atoms with Crippen molar-refractivity contribution in [2.75, 3.05) is 6.61 Å². The van der Waals surface area contributed by atoms with Gasteiger partial charge in [0.25, 0.3) is 5.56 Å². The van der Waals surface area contributed by atoms with Crippen molar-refractivity contribution in [3.8, 4) is 0 Å². The summed E-state index contributed by atoms with van der Waals surface area (Å²) < 4.78 is 7.17. The molecule has 0 aromatic carbocycles. The Labute approximate surface area is 104 Å². The van der Waals surface area contributed by atoms with Crippen LogP contribution in [-0.4, -0.2) is 27.4 Å². The summed E-state index contributed by atoms with van der Waals surface area (Å²) in [5, 5.41) is 8.86. The molecule has 1 fully saturated rings. The molecule has 100 valence electrons. The molecule has 6 nitrogen and oxygen atoms in total. The van der Waals surface area contributed by atoms with Crippen molar-refractivity contribution in [3.63, 3.8) is 0 Å². The second kappa shape index (κ2) is 5.49. The van der Waals surface area contributed by atoms with Crippen molar-refractivity contribution in [1.29, 1.82) is 0 Å². The molecule has 1 aliphatic rings. The van der Waals surface area contributed by atoms with E-state index in [-0.39, 0.29) is 24.4 Å². The minimum Gasteiger partial charge on any atom is -0.396 e. The molecule has 0 spiro atoms. The van der Waals surface area contributed by atoms with Crippen LogP contribution in [-0.2, 0) is 11.3 Å². The van der Waals surface area contributed by atoms with Crippen molar-refractivity contribution in [1.82, 2.24) is 9.55 Å². The lowest BCUT2D eigenvalue weighted by molar-refractivity contribution is 0.0294. The van der Waals surface area contributed by atoms with Crippen molar-refractivity contribution in [2.45, 2.75) is 44.9 Å². The van der Waals surface area contributed by atoms with Gasteiger partial charge in [0.15, 0.2) is 0 Å². The number of nitrogens with zero attached hydrogens (tertiary/aromatic N) is 1. The number of aromatic amines is 1. The molecular formula is C12H18N2O4. The average Bonchev–Trinajstić information content (AvgIpc) is 2.78. The zero-order valence-corrected chi connectivity index (χ0v) is 10.4. The van der Waals surface area contributed by atoms with E-state index < -0.39 is 5.69 Å². The lowest BCUT2D eigenvalue weighted by atomic mass is 10.1. The van der Waals surface area contributed by atoms with E-state index in [9.17, 15) is 9.59 Å². The van der Waals surface area contributed by atoms with Gasteiger partial charge in [0.05, 0.1) is 17.8 Å². The summed E-state index contributed by atoms with van der Waals surface area (Å²) in [4.78, 5) is 25.5. The molecule has 1 aromatic heterocycles. The number of hydrogen-bond acceptors (Lipinski definition) is 4. The lowest BCUT2D eigenvalue weighted by Gasteiger charge is -2.13. The molecule has 0 amide bonds. The fraction of sp³-hybridized carbons (Fsp3) is 0.667. The molecule has 2 N–H and O–H groups in total. The molecule has 0 aliphatic carbocycles. The molecule has 1 aliphatic heterocycles. The molecule has 2 heterocycles. The fourth-order valence-corrected chi connectivity index (χ4v) is 2.28. The summed E-state index contributed by atoms with van der Waals surface area (Å²) in [6.45, 7) is 2.44. The third-order valence-corrected chi connectivity index (χ3v) is 3.28. The van der Waals surface area contributed by atoms with Gasteiger partial charge in [-0.05, 0) is 26.2 Å². The highest BCUT2D eigenvalue weighted by molar-refractivity contribution is 5.10. The standard InChI is InChI=1S/C12H18N2O4/c1-2-14-7-9(11(16)13-12(14)17)10-4-3-8(18-10)5-6-15/h7-8,10,15H,2-6H2,1H3,(H,13,16,17)/t8-,10?/m0/s1. The molecule has 1 aromatic rings. The third-order valence-electron chi connectivity index (χ3n) is 3.28. The van der Waals surface area contributed by atoms with Crippen molar-refractivity contribution < 1.29 is 9.84 Å². The van der Waals surface area contributed by atoms with Crippen LogP contribution in [0, 0.1) is 0 Å². The van der Waals surface area contributed by atoms with Crippen LogP contribution in [0.3, 0.4) is 0 Å². The normalized spacial score (nSPS) is 23.4. The Kier molecular flexibility index (Phi) is 3.98. The Bertz CT molecular complexity index is 520. The first-order valence-electron chi connectivity index (χ1n) is 6.25. The van der Waals surface area contributed by atoms with Crippen LogP contribution in [0.1, 0.15) is 37.9 Å². The van der Waals surface area contributed by atoms with E-state index in [1.165, 1.54) is 4.57 Å². The number of hydrogen-bond donors (Lipinski definition) is 2. The van der Waals surface area contributed by atoms with Gasteiger partial charge in [-0.15, -0.1) is 0 Å². The van der Waals surface area contributed by atoms with Gasteiger partial charge in [-0.3, -0.25) is 9.78 Å². The Hall–Kier alpha value is -1.40. The van der Waals surface area contributed by atoms with Gasteiger partial charge >= 0.3 is 5.69 Å². The second-order valence-electron chi connectivity index (χ2n) is 4.47. The van der Waals surface area contributed by atoms with Crippen molar-refractivity contribution in [2.24, 2.45) is 0 Å². The van der Waals surface area contributed by atoms with Crippen LogP contribution in [0.5, 0.6) is 0 Å². The number of rotatable bonds is 4. The molecule has 1 saturated heterocycles. The SMILES string of the molecule is CCn1cc(C2CC[C@@H](CCO)O2)c(=O)[nH]c1=O. The number of nitrogens with one attached hydrogen (secondary N) is 1. The largest absolute Gasteiger partial charge is 0.396 e. The van der Waals surface area contributed by atoms with Crippen molar-refractivity contribution >= 4 is 0 Å². The first-order valence-corrected chi connectivity index (χ1v) is 6.25. The van der Waals surface area contributed by atoms with E-state index in [2.05, 4.69) is 4.98 Å². The van der Waals surface area contributed by atoms with Gasteiger partial charge in [0.1, 0.15) is 0 Å². The highest BCUT2D eigenvalue weighted by Gasteiger charge is 2.28. The maximum atomic E-state index is 11.8.